The summed E-state index contributed by atoms with van der Waals surface area (Å²) in [4.78, 5) is 0. The van der Waals surface area contributed by atoms with Crippen molar-refractivity contribution in [2.45, 2.75) is 13.2 Å². The highest BCUT2D eigenvalue weighted by Gasteiger charge is 2.10. The number of ether oxygens (including phenoxy) is 1. The Morgan fingerprint density at radius 1 is 1.15 bits per heavy atom. The lowest BCUT2D eigenvalue weighted by Gasteiger charge is -2.13. The summed E-state index contributed by atoms with van der Waals surface area (Å²) in [7, 11) is 0. The molecule has 0 saturated heterocycles. The Bertz CT molecular complexity index is 648. The predicted octanol–water partition coefficient (Wildman–Crippen LogP) is 3.90. The SMILES string of the molecule is N#Cc1ccc(COc2c(Cl)cc(Cl)cc2CN)cc1. The van der Waals surface area contributed by atoms with E-state index in [9.17, 15) is 0 Å². The van der Waals surface area contributed by atoms with E-state index in [1.54, 1.807) is 24.3 Å². The van der Waals surface area contributed by atoms with Crippen molar-refractivity contribution in [3.8, 4) is 11.8 Å². The molecule has 3 nitrogen and oxygen atoms in total. The Balaban J connectivity index is 2.16. The van der Waals surface area contributed by atoms with Gasteiger partial charge in [-0.15, -0.1) is 0 Å². The second-order valence-corrected chi connectivity index (χ2v) is 5.02. The highest BCUT2D eigenvalue weighted by molar-refractivity contribution is 6.35. The summed E-state index contributed by atoms with van der Waals surface area (Å²) in [5, 5.41) is 9.71. The normalized spacial score (nSPS) is 10.1. The monoisotopic (exact) mass is 306 g/mol. The van der Waals surface area contributed by atoms with Gasteiger partial charge in [-0.25, -0.2) is 0 Å². The van der Waals surface area contributed by atoms with Crippen molar-refractivity contribution in [1.29, 1.82) is 5.26 Å². The molecule has 2 aromatic rings. The number of nitrogens with two attached hydrogens (primary N) is 1. The second kappa shape index (κ2) is 6.62. The number of hydrogen-bond acceptors (Lipinski definition) is 3. The van der Waals surface area contributed by atoms with Crippen LogP contribution in [-0.4, -0.2) is 0 Å². The van der Waals surface area contributed by atoms with Crippen LogP contribution in [0.2, 0.25) is 10.0 Å². The summed E-state index contributed by atoms with van der Waals surface area (Å²) in [6.07, 6.45) is 0. The minimum Gasteiger partial charge on any atom is -0.487 e. The molecular formula is C15H12Cl2N2O. The van der Waals surface area contributed by atoms with Gasteiger partial charge in [-0.05, 0) is 29.8 Å². The second-order valence-electron chi connectivity index (χ2n) is 4.18. The molecule has 0 bridgehead atoms. The Hall–Kier alpha value is -1.73. The molecule has 102 valence electrons. The van der Waals surface area contributed by atoms with Crippen molar-refractivity contribution >= 4 is 23.2 Å². The lowest BCUT2D eigenvalue weighted by Crippen LogP contribution is -2.03. The summed E-state index contributed by atoms with van der Waals surface area (Å²) < 4.78 is 5.72. The number of nitriles is 1. The van der Waals surface area contributed by atoms with Gasteiger partial charge in [0.25, 0.3) is 0 Å². The molecule has 0 unspecified atom stereocenters. The first-order valence-electron chi connectivity index (χ1n) is 5.94. The highest BCUT2D eigenvalue weighted by atomic mass is 35.5. The molecule has 0 aromatic heterocycles. The Morgan fingerprint density at radius 2 is 1.85 bits per heavy atom. The van der Waals surface area contributed by atoms with E-state index in [1.165, 1.54) is 0 Å². The van der Waals surface area contributed by atoms with Crippen LogP contribution in [0, 0.1) is 11.3 Å². The summed E-state index contributed by atoms with van der Waals surface area (Å²) in [5.74, 6) is 0.544. The smallest absolute Gasteiger partial charge is 0.142 e. The molecule has 0 atom stereocenters. The van der Waals surface area contributed by atoms with Gasteiger partial charge in [0, 0.05) is 17.1 Å². The Labute approximate surface area is 127 Å². The number of halogens is 2. The van der Waals surface area contributed by atoms with Crippen molar-refractivity contribution < 1.29 is 4.74 Å². The van der Waals surface area contributed by atoms with Crippen LogP contribution < -0.4 is 10.5 Å². The summed E-state index contributed by atoms with van der Waals surface area (Å²) >= 11 is 12.0. The summed E-state index contributed by atoms with van der Waals surface area (Å²) in [5.41, 5.74) is 7.98. The third-order valence-corrected chi connectivity index (χ3v) is 3.27. The van der Waals surface area contributed by atoms with Crippen molar-refractivity contribution in [1.82, 2.24) is 0 Å². The van der Waals surface area contributed by atoms with Gasteiger partial charge in [-0.1, -0.05) is 35.3 Å². The van der Waals surface area contributed by atoms with Gasteiger partial charge >= 0.3 is 0 Å². The van der Waals surface area contributed by atoms with E-state index >= 15 is 0 Å². The van der Waals surface area contributed by atoms with Gasteiger partial charge in [-0.3, -0.25) is 0 Å². The third kappa shape index (κ3) is 3.43. The number of hydrogen-bond donors (Lipinski definition) is 1. The lowest BCUT2D eigenvalue weighted by atomic mass is 10.1. The quantitative estimate of drug-likeness (QED) is 0.932. The molecule has 0 saturated carbocycles. The minimum atomic E-state index is 0.295. The van der Waals surface area contributed by atoms with Gasteiger partial charge in [-0.2, -0.15) is 5.26 Å². The van der Waals surface area contributed by atoms with Crippen LogP contribution in [-0.2, 0) is 13.2 Å². The van der Waals surface area contributed by atoms with E-state index in [2.05, 4.69) is 6.07 Å². The Morgan fingerprint density at radius 3 is 2.45 bits per heavy atom. The van der Waals surface area contributed by atoms with Crippen molar-refractivity contribution in [3.05, 3.63) is 63.1 Å². The largest absolute Gasteiger partial charge is 0.487 e. The zero-order valence-electron chi connectivity index (χ0n) is 10.6. The van der Waals surface area contributed by atoms with E-state index < -0.39 is 0 Å². The van der Waals surface area contributed by atoms with Crippen LogP contribution in [0.3, 0.4) is 0 Å². The van der Waals surface area contributed by atoms with E-state index in [-0.39, 0.29) is 0 Å². The first-order valence-corrected chi connectivity index (χ1v) is 6.69. The molecule has 0 fully saturated rings. The van der Waals surface area contributed by atoms with Crippen LogP contribution in [0.1, 0.15) is 16.7 Å². The zero-order valence-corrected chi connectivity index (χ0v) is 12.1. The summed E-state index contributed by atoms with van der Waals surface area (Å²) in [6, 6.07) is 12.6. The van der Waals surface area contributed by atoms with E-state index in [1.807, 2.05) is 12.1 Å². The van der Waals surface area contributed by atoms with E-state index in [0.29, 0.717) is 34.5 Å². The minimum absolute atomic E-state index is 0.295. The first kappa shape index (κ1) is 14.7. The van der Waals surface area contributed by atoms with Crippen LogP contribution in [0.25, 0.3) is 0 Å². The van der Waals surface area contributed by atoms with Gasteiger partial charge in [0.2, 0.25) is 0 Å². The van der Waals surface area contributed by atoms with E-state index in [4.69, 9.17) is 38.9 Å². The fourth-order valence-electron chi connectivity index (χ4n) is 1.76. The molecule has 0 aliphatic heterocycles. The van der Waals surface area contributed by atoms with Crippen LogP contribution in [0.15, 0.2) is 36.4 Å². The number of nitrogens with zero attached hydrogens (tertiary/aromatic N) is 1. The van der Waals surface area contributed by atoms with Crippen molar-refractivity contribution in [3.63, 3.8) is 0 Å². The van der Waals surface area contributed by atoms with Crippen molar-refractivity contribution in [2.24, 2.45) is 5.73 Å². The van der Waals surface area contributed by atoms with E-state index in [0.717, 1.165) is 11.1 Å². The fourth-order valence-corrected chi connectivity index (χ4v) is 2.35. The fraction of sp³-hybridized carbons (Fsp3) is 0.133. The van der Waals surface area contributed by atoms with Crippen LogP contribution in [0.4, 0.5) is 0 Å². The highest BCUT2D eigenvalue weighted by Crippen LogP contribution is 2.32. The van der Waals surface area contributed by atoms with Gasteiger partial charge in [0.15, 0.2) is 0 Å². The maximum atomic E-state index is 8.74. The van der Waals surface area contributed by atoms with Gasteiger partial charge < -0.3 is 10.5 Å². The summed E-state index contributed by atoms with van der Waals surface area (Å²) in [6.45, 7) is 0.642. The van der Waals surface area contributed by atoms with Crippen LogP contribution >= 0.6 is 23.2 Å². The van der Waals surface area contributed by atoms with Gasteiger partial charge in [0.1, 0.15) is 12.4 Å². The van der Waals surface area contributed by atoms with Crippen molar-refractivity contribution in [2.75, 3.05) is 0 Å². The molecule has 0 amide bonds. The zero-order chi connectivity index (χ0) is 14.5. The van der Waals surface area contributed by atoms with Crippen LogP contribution in [0.5, 0.6) is 5.75 Å². The number of rotatable bonds is 4. The third-order valence-electron chi connectivity index (χ3n) is 2.77. The topological polar surface area (TPSA) is 59.0 Å². The average molecular weight is 307 g/mol. The molecule has 0 aliphatic carbocycles. The molecular weight excluding hydrogens is 295 g/mol. The predicted molar refractivity (Wildman–Crippen MR) is 79.8 cm³/mol. The standard InChI is InChI=1S/C15H12Cl2N2O/c16-13-5-12(8-19)15(14(17)6-13)20-9-11-3-1-10(7-18)2-4-11/h1-6H,8-9,19H2. The molecule has 20 heavy (non-hydrogen) atoms. The molecule has 0 aliphatic rings. The van der Waals surface area contributed by atoms with Gasteiger partial charge in [0.05, 0.1) is 16.7 Å². The maximum absolute atomic E-state index is 8.74. The molecule has 2 N–H and O–H groups in total. The molecule has 2 aromatic carbocycles. The molecule has 2 rings (SSSR count). The molecule has 0 radical (unpaired) electrons. The maximum Gasteiger partial charge on any atom is 0.142 e. The number of benzene rings is 2. The molecule has 0 heterocycles. The molecule has 0 spiro atoms. The first-order chi connectivity index (χ1) is 9.63. The molecule has 5 heteroatoms. The average Bonchev–Trinajstić information content (AvgIpc) is 2.46. The lowest BCUT2D eigenvalue weighted by molar-refractivity contribution is 0.303. The Kier molecular flexibility index (Phi) is 4.86.